The molecule has 0 bridgehead atoms. The summed E-state index contributed by atoms with van der Waals surface area (Å²) in [5.41, 5.74) is 6.04. The first-order valence-corrected chi connectivity index (χ1v) is 7.59. The molecular weight excluding hydrogens is 258 g/mol. The molecule has 1 saturated carbocycles. The largest absolute Gasteiger partial charge is 0.481 e. The van der Waals surface area contributed by atoms with Gasteiger partial charge < -0.3 is 21.1 Å². The molecule has 4 N–H and O–H groups in total. The van der Waals surface area contributed by atoms with E-state index in [1.165, 1.54) is 0 Å². The number of carboxylic acid groups (broad SMARTS) is 1. The van der Waals surface area contributed by atoms with Crippen molar-refractivity contribution in [2.75, 3.05) is 13.1 Å². The van der Waals surface area contributed by atoms with Crippen LogP contribution >= 0.6 is 0 Å². The van der Waals surface area contributed by atoms with Crippen LogP contribution in [0.25, 0.3) is 0 Å². The highest BCUT2D eigenvalue weighted by Gasteiger charge is 2.28. The average Bonchev–Trinajstić information content (AvgIpc) is 2.41. The zero-order valence-electron chi connectivity index (χ0n) is 11.9. The van der Waals surface area contributed by atoms with E-state index in [1.807, 2.05) is 0 Å². The summed E-state index contributed by atoms with van der Waals surface area (Å²) < 4.78 is 0. The van der Waals surface area contributed by atoms with Crippen LogP contribution in [0.4, 0.5) is 4.79 Å². The highest BCUT2D eigenvalue weighted by molar-refractivity contribution is 5.75. The van der Waals surface area contributed by atoms with Crippen LogP contribution in [0.15, 0.2) is 0 Å². The lowest BCUT2D eigenvalue weighted by atomic mass is 9.91. The number of nitrogens with one attached hydrogen (secondary N) is 1. The van der Waals surface area contributed by atoms with Crippen LogP contribution in [0, 0.1) is 5.92 Å². The Labute approximate surface area is 119 Å². The van der Waals surface area contributed by atoms with Gasteiger partial charge >= 0.3 is 12.0 Å². The van der Waals surface area contributed by atoms with E-state index in [1.54, 1.807) is 4.90 Å². The highest BCUT2D eigenvalue weighted by atomic mass is 16.4. The average molecular weight is 283 g/mol. The molecule has 2 rings (SSSR count). The Morgan fingerprint density at radius 1 is 1.20 bits per heavy atom. The summed E-state index contributed by atoms with van der Waals surface area (Å²) in [6, 6.07) is 0.0332. The van der Waals surface area contributed by atoms with Gasteiger partial charge in [-0.3, -0.25) is 4.79 Å². The number of hydrogen-bond donors (Lipinski definition) is 3. The molecule has 0 spiro atoms. The fourth-order valence-corrected chi connectivity index (χ4v) is 3.25. The first-order chi connectivity index (χ1) is 9.56. The number of hydrogen-bond acceptors (Lipinski definition) is 3. The number of nitrogens with two attached hydrogens (primary N) is 1. The van der Waals surface area contributed by atoms with Gasteiger partial charge in [0.1, 0.15) is 0 Å². The topological polar surface area (TPSA) is 95.7 Å². The maximum absolute atomic E-state index is 12.3. The van der Waals surface area contributed by atoms with Gasteiger partial charge in [0.15, 0.2) is 0 Å². The number of aliphatic carboxylic acids is 1. The monoisotopic (exact) mass is 283 g/mol. The zero-order valence-corrected chi connectivity index (χ0v) is 11.9. The predicted octanol–water partition coefficient (Wildman–Crippen LogP) is 1.15. The second kappa shape index (κ2) is 6.92. The van der Waals surface area contributed by atoms with Crippen molar-refractivity contribution in [2.45, 2.75) is 57.0 Å². The molecule has 1 saturated heterocycles. The first kappa shape index (κ1) is 15.1. The molecule has 2 amide bonds. The smallest absolute Gasteiger partial charge is 0.317 e. The number of carbonyl (C=O) groups excluding carboxylic acids is 1. The van der Waals surface area contributed by atoms with Crippen molar-refractivity contribution in [3.8, 4) is 0 Å². The molecule has 3 atom stereocenters. The second-order valence-electron chi connectivity index (χ2n) is 6.06. The van der Waals surface area contributed by atoms with Crippen molar-refractivity contribution < 1.29 is 14.7 Å². The molecule has 0 aromatic carbocycles. The van der Waals surface area contributed by atoms with Gasteiger partial charge in [-0.2, -0.15) is 0 Å². The number of urea groups is 1. The normalized spacial score (nSPS) is 30.9. The molecule has 1 aliphatic heterocycles. The lowest BCUT2D eigenvalue weighted by Crippen LogP contribution is -2.54. The third-order valence-corrected chi connectivity index (χ3v) is 4.40. The van der Waals surface area contributed by atoms with E-state index in [0.29, 0.717) is 13.1 Å². The van der Waals surface area contributed by atoms with Crippen molar-refractivity contribution in [3.05, 3.63) is 0 Å². The summed E-state index contributed by atoms with van der Waals surface area (Å²) in [5.74, 6) is -0.710. The van der Waals surface area contributed by atoms with Gasteiger partial charge in [0.2, 0.25) is 0 Å². The summed E-state index contributed by atoms with van der Waals surface area (Å²) in [6.07, 6.45) is 6.07. The van der Waals surface area contributed by atoms with Crippen LogP contribution < -0.4 is 11.1 Å². The minimum atomic E-state index is -0.786. The first-order valence-electron chi connectivity index (χ1n) is 7.59. The Morgan fingerprint density at radius 2 is 1.95 bits per heavy atom. The van der Waals surface area contributed by atoms with Crippen LogP contribution in [-0.4, -0.2) is 47.2 Å². The second-order valence-corrected chi connectivity index (χ2v) is 6.06. The fourth-order valence-electron chi connectivity index (χ4n) is 3.25. The summed E-state index contributed by atoms with van der Waals surface area (Å²) in [4.78, 5) is 24.8. The van der Waals surface area contributed by atoms with Crippen molar-refractivity contribution in [2.24, 2.45) is 11.7 Å². The molecular formula is C14H25N3O3. The maximum atomic E-state index is 12.3. The SMILES string of the molecule is NC1CCCCC1NC(=O)N1CCCC(CC(=O)O)C1. The highest BCUT2D eigenvalue weighted by Crippen LogP contribution is 2.21. The van der Waals surface area contributed by atoms with Crippen molar-refractivity contribution in [1.29, 1.82) is 0 Å². The minimum Gasteiger partial charge on any atom is -0.481 e. The predicted molar refractivity (Wildman–Crippen MR) is 75.3 cm³/mol. The minimum absolute atomic E-state index is 0.0484. The number of rotatable bonds is 3. The number of amides is 2. The number of carbonyl (C=O) groups is 2. The van der Waals surface area contributed by atoms with Gasteiger partial charge in [-0.05, 0) is 31.6 Å². The standard InChI is InChI=1S/C14H25N3O3/c15-11-5-1-2-6-12(11)16-14(20)17-7-3-4-10(9-17)8-13(18)19/h10-12H,1-9,15H2,(H,16,20)(H,18,19). The summed E-state index contributed by atoms with van der Waals surface area (Å²) in [6.45, 7) is 1.25. The quantitative estimate of drug-likeness (QED) is 0.724. The van der Waals surface area contributed by atoms with Crippen LogP contribution in [0.3, 0.4) is 0 Å². The summed E-state index contributed by atoms with van der Waals surface area (Å²) >= 11 is 0. The van der Waals surface area contributed by atoms with E-state index >= 15 is 0 Å². The lowest BCUT2D eigenvalue weighted by molar-refractivity contribution is -0.138. The van der Waals surface area contributed by atoms with Gasteiger partial charge in [-0.25, -0.2) is 4.79 Å². The molecule has 20 heavy (non-hydrogen) atoms. The van der Waals surface area contributed by atoms with Crippen LogP contribution in [-0.2, 0) is 4.79 Å². The Hall–Kier alpha value is -1.30. The molecule has 0 aromatic rings. The molecule has 114 valence electrons. The fraction of sp³-hybridized carbons (Fsp3) is 0.857. The van der Waals surface area contributed by atoms with E-state index in [9.17, 15) is 9.59 Å². The van der Waals surface area contributed by atoms with Crippen molar-refractivity contribution in [1.82, 2.24) is 10.2 Å². The molecule has 2 fully saturated rings. The summed E-state index contributed by atoms with van der Waals surface area (Å²) in [5, 5.41) is 11.9. The third-order valence-electron chi connectivity index (χ3n) is 4.40. The van der Waals surface area contributed by atoms with E-state index in [-0.39, 0.29) is 30.5 Å². The van der Waals surface area contributed by atoms with E-state index in [0.717, 1.165) is 38.5 Å². The molecule has 1 aliphatic carbocycles. The van der Waals surface area contributed by atoms with E-state index in [4.69, 9.17) is 10.8 Å². The Kier molecular flexibility index (Phi) is 5.23. The van der Waals surface area contributed by atoms with E-state index < -0.39 is 5.97 Å². The number of likely N-dealkylation sites (tertiary alicyclic amines) is 1. The van der Waals surface area contributed by atoms with Gasteiger partial charge in [0.05, 0.1) is 0 Å². The lowest BCUT2D eigenvalue weighted by Gasteiger charge is -2.35. The van der Waals surface area contributed by atoms with Crippen molar-refractivity contribution in [3.63, 3.8) is 0 Å². The maximum Gasteiger partial charge on any atom is 0.317 e. The molecule has 3 unspecified atom stereocenters. The molecule has 2 aliphatic rings. The number of carboxylic acids is 1. The van der Waals surface area contributed by atoms with Crippen LogP contribution in [0.5, 0.6) is 0 Å². The van der Waals surface area contributed by atoms with Gasteiger partial charge in [0.25, 0.3) is 0 Å². The molecule has 1 heterocycles. The summed E-state index contributed by atoms with van der Waals surface area (Å²) in [7, 11) is 0. The van der Waals surface area contributed by atoms with Crippen molar-refractivity contribution >= 4 is 12.0 Å². The van der Waals surface area contributed by atoms with Crippen LogP contribution in [0.2, 0.25) is 0 Å². The zero-order chi connectivity index (χ0) is 14.5. The number of piperidine rings is 1. The molecule has 0 radical (unpaired) electrons. The third kappa shape index (κ3) is 4.10. The van der Waals surface area contributed by atoms with Gasteiger partial charge in [0, 0.05) is 31.6 Å². The molecule has 0 aromatic heterocycles. The number of nitrogens with zero attached hydrogens (tertiary/aromatic N) is 1. The van der Waals surface area contributed by atoms with Gasteiger partial charge in [-0.15, -0.1) is 0 Å². The molecule has 6 heteroatoms. The Bertz CT molecular complexity index is 362. The van der Waals surface area contributed by atoms with Crippen LogP contribution in [0.1, 0.15) is 44.9 Å². The van der Waals surface area contributed by atoms with E-state index in [2.05, 4.69) is 5.32 Å². The molecule has 6 nitrogen and oxygen atoms in total. The van der Waals surface area contributed by atoms with Gasteiger partial charge in [-0.1, -0.05) is 12.8 Å². The Morgan fingerprint density at radius 3 is 2.65 bits per heavy atom. The Balaban J connectivity index is 1.83.